The van der Waals surface area contributed by atoms with E-state index in [1.54, 1.807) is 6.07 Å². The van der Waals surface area contributed by atoms with Gasteiger partial charge in [-0.25, -0.2) is 4.98 Å². The third-order valence-electron chi connectivity index (χ3n) is 3.23. The van der Waals surface area contributed by atoms with Crippen LogP contribution in [0.2, 0.25) is 0 Å². The van der Waals surface area contributed by atoms with E-state index in [9.17, 15) is 4.79 Å². The summed E-state index contributed by atoms with van der Waals surface area (Å²) in [6, 6.07) is 7.46. The molecular weight excluding hydrogens is 214 g/mol. The number of aromatic amines is 1. The third-order valence-corrected chi connectivity index (χ3v) is 3.23. The topological polar surface area (TPSA) is 49.0 Å². The van der Waals surface area contributed by atoms with Crippen molar-refractivity contribution in [1.29, 1.82) is 0 Å². The zero-order valence-electron chi connectivity index (χ0n) is 9.65. The maximum atomic E-state index is 11.9. The number of fused-ring (bicyclic) bond motifs is 1. The normalized spacial score (nSPS) is 16.7. The number of likely N-dealkylation sites (tertiary alicyclic amines) is 1. The molecule has 0 bridgehead atoms. The lowest BCUT2D eigenvalue weighted by molar-refractivity contribution is 0.322. The molecule has 88 valence electrons. The van der Waals surface area contributed by atoms with Gasteiger partial charge in [0, 0.05) is 0 Å². The van der Waals surface area contributed by atoms with E-state index in [1.807, 2.05) is 18.2 Å². The zero-order chi connectivity index (χ0) is 11.7. The fraction of sp³-hybridized carbons (Fsp3) is 0.385. The predicted octanol–water partition coefficient (Wildman–Crippen LogP) is 1.52. The second-order valence-corrected chi connectivity index (χ2v) is 4.51. The fourth-order valence-corrected chi connectivity index (χ4v) is 2.36. The van der Waals surface area contributed by atoms with Crippen LogP contribution < -0.4 is 5.56 Å². The molecule has 4 nitrogen and oxygen atoms in total. The van der Waals surface area contributed by atoms with Gasteiger partial charge in [0.25, 0.3) is 5.56 Å². The Bertz CT molecular complexity index is 584. The minimum absolute atomic E-state index is 0.0372. The van der Waals surface area contributed by atoms with E-state index in [1.165, 1.54) is 12.8 Å². The van der Waals surface area contributed by atoms with Crippen molar-refractivity contribution in [3.8, 4) is 0 Å². The summed E-state index contributed by atoms with van der Waals surface area (Å²) in [5.74, 6) is 0.774. The summed E-state index contributed by atoms with van der Waals surface area (Å²) in [6.07, 6.45) is 2.50. The maximum Gasteiger partial charge on any atom is 0.258 e. The highest BCUT2D eigenvalue weighted by atomic mass is 16.1. The summed E-state index contributed by atoms with van der Waals surface area (Å²) in [7, 11) is 0. The molecular formula is C13H15N3O. The SMILES string of the molecule is O=c1[nH]c(CN2CCCC2)nc2ccccc12. The molecule has 17 heavy (non-hydrogen) atoms. The van der Waals surface area contributed by atoms with E-state index in [4.69, 9.17) is 0 Å². The van der Waals surface area contributed by atoms with Gasteiger partial charge in [0.05, 0.1) is 17.4 Å². The average molecular weight is 229 g/mol. The van der Waals surface area contributed by atoms with Crippen molar-refractivity contribution >= 4 is 10.9 Å². The lowest BCUT2D eigenvalue weighted by Gasteiger charge is -2.13. The summed E-state index contributed by atoms with van der Waals surface area (Å²) in [4.78, 5) is 21.6. The number of nitrogens with zero attached hydrogens (tertiary/aromatic N) is 2. The van der Waals surface area contributed by atoms with Gasteiger partial charge in [-0.1, -0.05) is 12.1 Å². The maximum absolute atomic E-state index is 11.9. The first-order valence-electron chi connectivity index (χ1n) is 6.03. The minimum Gasteiger partial charge on any atom is -0.309 e. The highest BCUT2D eigenvalue weighted by Crippen LogP contribution is 2.11. The van der Waals surface area contributed by atoms with Crippen LogP contribution in [0.4, 0.5) is 0 Å². The molecule has 0 aliphatic carbocycles. The van der Waals surface area contributed by atoms with Gasteiger partial charge < -0.3 is 4.98 Å². The van der Waals surface area contributed by atoms with Crippen molar-refractivity contribution < 1.29 is 0 Å². The number of H-pyrrole nitrogens is 1. The number of rotatable bonds is 2. The number of aromatic nitrogens is 2. The summed E-state index contributed by atoms with van der Waals surface area (Å²) in [5.41, 5.74) is 0.746. The first-order chi connectivity index (χ1) is 8.33. The fourth-order valence-electron chi connectivity index (χ4n) is 2.36. The first kappa shape index (κ1) is 10.5. The second kappa shape index (κ2) is 4.30. The molecule has 0 radical (unpaired) electrons. The molecule has 0 unspecified atom stereocenters. The van der Waals surface area contributed by atoms with Crippen LogP contribution >= 0.6 is 0 Å². The van der Waals surface area contributed by atoms with Gasteiger partial charge in [0.1, 0.15) is 5.82 Å². The van der Waals surface area contributed by atoms with Crippen molar-refractivity contribution in [2.45, 2.75) is 19.4 Å². The van der Waals surface area contributed by atoms with Crippen molar-refractivity contribution in [2.24, 2.45) is 0 Å². The van der Waals surface area contributed by atoms with Crippen LogP contribution in [-0.4, -0.2) is 28.0 Å². The first-order valence-corrected chi connectivity index (χ1v) is 6.03. The van der Waals surface area contributed by atoms with Crippen LogP contribution in [0.25, 0.3) is 10.9 Å². The van der Waals surface area contributed by atoms with Crippen LogP contribution in [0.15, 0.2) is 29.1 Å². The van der Waals surface area contributed by atoms with Crippen LogP contribution in [0, 0.1) is 0 Å². The van der Waals surface area contributed by atoms with E-state index in [0.717, 1.165) is 31.0 Å². The monoisotopic (exact) mass is 229 g/mol. The molecule has 2 aromatic rings. The summed E-state index contributed by atoms with van der Waals surface area (Å²) in [6.45, 7) is 2.97. The largest absolute Gasteiger partial charge is 0.309 e. The van der Waals surface area contributed by atoms with Gasteiger partial charge in [-0.3, -0.25) is 9.69 Å². The Morgan fingerprint density at radius 3 is 2.82 bits per heavy atom. The molecule has 2 heterocycles. The van der Waals surface area contributed by atoms with Crippen LogP contribution in [0.5, 0.6) is 0 Å². The van der Waals surface area contributed by atoms with Gasteiger partial charge in [-0.2, -0.15) is 0 Å². The third kappa shape index (κ3) is 2.08. The van der Waals surface area contributed by atoms with E-state index in [-0.39, 0.29) is 5.56 Å². The summed E-state index contributed by atoms with van der Waals surface area (Å²) in [5, 5.41) is 0.665. The number of para-hydroxylation sites is 1. The number of hydrogen-bond acceptors (Lipinski definition) is 3. The molecule has 1 aliphatic heterocycles. The standard InChI is InChI=1S/C13H15N3O/c17-13-10-5-1-2-6-11(10)14-12(15-13)9-16-7-3-4-8-16/h1-2,5-6H,3-4,7-9H2,(H,14,15,17). The van der Waals surface area contributed by atoms with Crippen LogP contribution in [0.3, 0.4) is 0 Å². The Morgan fingerprint density at radius 1 is 1.24 bits per heavy atom. The number of hydrogen-bond donors (Lipinski definition) is 1. The molecule has 1 fully saturated rings. The van der Waals surface area contributed by atoms with Crippen molar-refractivity contribution in [3.63, 3.8) is 0 Å². The van der Waals surface area contributed by atoms with Crippen molar-refractivity contribution in [1.82, 2.24) is 14.9 Å². The minimum atomic E-state index is -0.0372. The molecule has 1 N–H and O–H groups in total. The number of benzene rings is 1. The number of nitrogens with one attached hydrogen (secondary N) is 1. The van der Waals surface area contributed by atoms with Gasteiger partial charge in [-0.05, 0) is 38.1 Å². The van der Waals surface area contributed by atoms with Crippen molar-refractivity contribution in [3.05, 3.63) is 40.4 Å². The quantitative estimate of drug-likeness (QED) is 0.849. The Hall–Kier alpha value is -1.68. The van der Waals surface area contributed by atoms with Gasteiger partial charge in [-0.15, -0.1) is 0 Å². The molecule has 1 saturated heterocycles. The molecule has 0 saturated carbocycles. The van der Waals surface area contributed by atoms with E-state index in [2.05, 4.69) is 14.9 Å². The smallest absolute Gasteiger partial charge is 0.258 e. The van der Waals surface area contributed by atoms with Crippen LogP contribution in [0.1, 0.15) is 18.7 Å². The molecule has 1 aromatic carbocycles. The lowest BCUT2D eigenvalue weighted by Crippen LogP contribution is -2.22. The molecule has 3 rings (SSSR count). The van der Waals surface area contributed by atoms with Crippen molar-refractivity contribution in [2.75, 3.05) is 13.1 Å². The molecule has 0 amide bonds. The Kier molecular flexibility index (Phi) is 2.65. The summed E-state index contributed by atoms with van der Waals surface area (Å²) < 4.78 is 0. The highest BCUT2D eigenvalue weighted by Gasteiger charge is 2.13. The lowest BCUT2D eigenvalue weighted by atomic mass is 10.2. The van der Waals surface area contributed by atoms with Gasteiger partial charge in [0.15, 0.2) is 0 Å². The molecule has 1 aliphatic rings. The Morgan fingerprint density at radius 2 is 2.00 bits per heavy atom. The molecule has 1 aromatic heterocycles. The molecule has 0 atom stereocenters. The highest BCUT2D eigenvalue weighted by molar-refractivity contribution is 5.77. The van der Waals surface area contributed by atoms with Gasteiger partial charge in [0.2, 0.25) is 0 Å². The zero-order valence-corrected chi connectivity index (χ0v) is 9.65. The van der Waals surface area contributed by atoms with Gasteiger partial charge >= 0.3 is 0 Å². The van der Waals surface area contributed by atoms with E-state index in [0.29, 0.717) is 5.39 Å². The Balaban J connectivity index is 1.97. The molecule has 4 heteroatoms. The average Bonchev–Trinajstić information content (AvgIpc) is 2.82. The molecule has 0 spiro atoms. The van der Waals surface area contributed by atoms with E-state index >= 15 is 0 Å². The predicted molar refractivity (Wildman–Crippen MR) is 66.9 cm³/mol. The summed E-state index contributed by atoms with van der Waals surface area (Å²) >= 11 is 0. The van der Waals surface area contributed by atoms with E-state index < -0.39 is 0 Å². The second-order valence-electron chi connectivity index (χ2n) is 4.51. The van der Waals surface area contributed by atoms with Crippen LogP contribution in [-0.2, 0) is 6.54 Å². The Labute approximate surface area is 99.3 Å².